The Morgan fingerprint density at radius 3 is 1.88 bits per heavy atom. The van der Waals surface area contributed by atoms with E-state index in [1.165, 1.54) is 38.7 Å². The Hall–Kier alpha value is -2.12. The zero-order valence-corrected chi connectivity index (χ0v) is 15.4. The van der Waals surface area contributed by atoms with Crippen LogP contribution in [0.3, 0.4) is 0 Å². The number of hydrogen-bond donors (Lipinski definition) is 0. The summed E-state index contributed by atoms with van der Waals surface area (Å²) >= 11 is 0. The van der Waals surface area contributed by atoms with Crippen LogP contribution in [0.5, 0.6) is 0 Å². The van der Waals surface area contributed by atoms with Crippen molar-refractivity contribution in [3.05, 3.63) is 59.7 Å². The molecular formula is C23H20Si. The van der Waals surface area contributed by atoms with Crippen molar-refractivity contribution in [1.29, 1.82) is 0 Å². The van der Waals surface area contributed by atoms with Gasteiger partial charge in [-0.15, -0.1) is 0 Å². The maximum Gasteiger partial charge on any atom is 0.0526 e. The van der Waals surface area contributed by atoms with E-state index in [2.05, 4.69) is 68.2 Å². The van der Waals surface area contributed by atoms with Crippen molar-refractivity contribution < 1.29 is 0 Å². The molecule has 1 heteroatoms. The van der Waals surface area contributed by atoms with Gasteiger partial charge < -0.3 is 0 Å². The smallest absolute Gasteiger partial charge is 0.0526 e. The first-order chi connectivity index (χ1) is 11.5. The van der Waals surface area contributed by atoms with Crippen LogP contribution in [-0.2, 0) is 6.42 Å². The summed E-state index contributed by atoms with van der Waals surface area (Å²) in [6.45, 7) is 7.59. The van der Waals surface area contributed by atoms with Crippen molar-refractivity contribution >= 4 is 40.4 Å². The van der Waals surface area contributed by atoms with Crippen LogP contribution in [0.2, 0.25) is 19.6 Å². The van der Waals surface area contributed by atoms with Crippen LogP contribution in [-0.4, -0.2) is 8.07 Å². The van der Waals surface area contributed by atoms with E-state index in [-0.39, 0.29) is 0 Å². The molecule has 1 atom stereocenters. The fraction of sp³-hybridized carbons (Fsp3) is 0.217. The molecule has 116 valence electrons. The quantitative estimate of drug-likeness (QED) is 0.239. The van der Waals surface area contributed by atoms with E-state index in [0.717, 1.165) is 5.54 Å². The molecule has 0 heterocycles. The molecular weight excluding hydrogens is 304 g/mol. The van der Waals surface area contributed by atoms with Crippen LogP contribution in [0.25, 0.3) is 43.4 Å². The minimum Gasteiger partial charge on any atom is -0.0691 e. The fourth-order valence-corrected chi connectivity index (χ4v) is 7.23. The minimum atomic E-state index is -1.27. The first-order valence-electron chi connectivity index (χ1n) is 8.98. The Morgan fingerprint density at radius 1 is 0.667 bits per heavy atom. The molecule has 0 aliphatic heterocycles. The summed E-state index contributed by atoms with van der Waals surface area (Å²) < 4.78 is 0. The summed E-state index contributed by atoms with van der Waals surface area (Å²) in [5.74, 6) is 0. The van der Waals surface area contributed by atoms with Gasteiger partial charge in [-0.2, -0.15) is 0 Å². The highest BCUT2D eigenvalue weighted by Gasteiger charge is 2.37. The van der Waals surface area contributed by atoms with Crippen molar-refractivity contribution in [1.82, 2.24) is 0 Å². The number of rotatable bonds is 1. The Labute approximate surface area is 143 Å². The monoisotopic (exact) mass is 324 g/mol. The van der Waals surface area contributed by atoms with E-state index in [1.807, 2.05) is 0 Å². The van der Waals surface area contributed by atoms with Crippen LogP contribution in [0.15, 0.2) is 48.5 Å². The number of benzene rings is 4. The second kappa shape index (κ2) is 3.92. The summed E-state index contributed by atoms with van der Waals surface area (Å²) in [6, 6.07) is 18.8. The lowest BCUT2D eigenvalue weighted by Crippen LogP contribution is -2.34. The molecule has 0 radical (unpaired) electrons. The highest BCUT2D eigenvalue weighted by atomic mass is 28.3. The molecule has 0 saturated carbocycles. The molecule has 0 aromatic heterocycles. The molecule has 24 heavy (non-hydrogen) atoms. The van der Waals surface area contributed by atoms with Gasteiger partial charge in [0.25, 0.3) is 0 Å². The topological polar surface area (TPSA) is 0 Å². The van der Waals surface area contributed by atoms with Crippen LogP contribution < -0.4 is 0 Å². The van der Waals surface area contributed by atoms with Gasteiger partial charge in [-0.25, -0.2) is 0 Å². The third-order valence-corrected chi connectivity index (χ3v) is 8.97. The normalized spacial score (nSPS) is 18.0. The molecule has 2 aliphatic carbocycles. The van der Waals surface area contributed by atoms with Crippen molar-refractivity contribution in [3.63, 3.8) is 0 Å². The highest BCUT2D eigenvalue weighted by molar-refractivity contribution is 6.77. The van der Waals surface area contributed by atoms with E-state index in [0.29, 0.717) is 0 Å². The third kappa shape index (κ3) is 1.37. The molecule has 4 aromatic rings. The first-order valence-corrected chi connectivity index (χ1v) is 12.6. The molecule has 6 rings (SSSR count). The molecule has 4 aromatic carbocycles. The van der Waals surface area contributed by atoms with Gasteiger partial charge in [0, 0.05) is 0 Å². The molecule has 2 aliphatic rings. The predicted octanol–water partition coefficient (Wildman–Crippen LogP) is 6.64. The lowest BCUT2D eigenvalue weighted by molar-refractivity contribution is 0.868. The van der Waals surface area contributed by atoms with Gasteiger partial charge in [-0.1, -0.05) is 68.2 Å². The fourth-order valence-electron chi connectivity index (χ4n) is 5.23. The maximum atomic E-state index is 2.53. The molecule has 1 unspecified atom stereocenters. The Kier molecular flexibility index (Phi) is 2.16. The van der Waals surface area contributed by atoms with Crippen molar-refractivity contribution in [3.8, 4) is 11.1 Å². The van der Waals surface area contributed by atoms with Gasteiger partial charge in [0.05, 0.1) is 8.07 Å². The van der Waals surface area contributed by atoms with Crippen LogP contribution >= 0.6 is 0 Å². The zero-order valence-electron chi connectivity index (χ0n) is 14.4. The van der Waals surface area contributed by atoms with Crippen LogP contribution in [0, 0.1) is 0 Å². The summed E-state index contributed by atoms with van der Waals surface area (Å²) in [4.78, 5) is 0. The number of hydrogen-bond acceptors (Lipinski definition) is 0. The molecule has 0 spiro atoms. The average Bonchev–Trinajstić information content (AvgIpc) is 2.93. The van der Waals surface area contributed by atoms with Gasteiger partial charge in [0.1, 0.15) is 0 Å². The van der Waals surface area contributed by atoms with E-state index in [1.54, 1.807) is 22.3 Å². The molecule has 0 nitrogen and oxygen atoms in total. The van der Waals surface area contributed by atoms with Crippen molar-refractivity contribution in [2.24, 2.45) is 0 Å². The minimum absolute atomic E-state index is 0.728. The maximum absolute atomic E-state index is 2.53. The highest BCUT2D eigenvalue weighted by Crippen LogP contribution is 2.55. The van der Waals surface area contributed by atoms with Crippen LogP contribution in [0.1, 0.15) is 16.7 Å². The molecule has 0 fully saturated rings. The van der Waals surface area contributed by atoms with E-state index >= 15 is 0 Å². The standard InChI is InChI=1S/C23H20Si/c1-24(2,3)18-12-16-9-8-14-5-4-13-6-7-15-10-11-17(18)23-21(15)19(13)20(14)22(16)23/h4-11,18H,12H2,1-3H3. The van der Waals surface area contributed by atoms with E-state index in [4.69, 9.17) is 0 Å². The van der Waals surface area contributed by atoms with E-state index in [9.17, 15) is 0 Å². The second-order valence-corrected chi connectivity index (χ2v) is 14.1. The second-order valence-electron chi connectivity index (χ2n) is 8.68. The summed E-state index contributed by atoms with van der Waals surface area (Å²) in [7, 11) is -1.27. The average molecular weight is 324 g/mol. The third-order valence-electron chi connectivity index (χ3n) is 6.36. The molecule has 0 bridgehead atoms. The summed E-state index contributed by atoms with van der Waals surface area (Å²) in [6.07, 6.45) is 1.23. The van der Waals surface area contributed by atoms with Gasteiger partial charge in [-0.3, -0.25) is 0 Å². The molecule has 0 saturated heterocycles. The van der Waals surface area contributed by atoms with Crippen molar-refractivity contribution in [2.45, 2.75) is 31.6 Å². The Morgan fingerprint density at radius 2 is 1.21 bits per heavy atom. The molecule has 0 amide bonds. The summed E-state index contributed by atoms with van der Waals surface area (Å²) in [5.41, 5.74) is 7.09. The van der Waals surface area contributed by atoms with Gasteiger partial charge in [0.15, 0.2) is 0 Å². The van der Waals surface area contributed by atoms with Gasteiger partial charge in [-0.05, 0) is 66.5 Å². The summed E-state index contributed by atoms with van der Waals surface area (Å²) in [5, 5.41) is 8.77. The van der Waals surface area contributed by atoms with Gasteiger partial charge >= 0.3 is 0 Å². The Balaban J connectivity index is 1.93. The van der Waals surface area contributed by atoms with Crippen LogP contribution in [0.4, 0.5) is 0 Å². The van der Waals surface area contributed by atoms with E-state index < -0.39 is 8.07 Å². The Bertz CT molecular complexity index is 1200. The van der Waals surface area contributed by atoms with Crippen molar-refractivity contribution in [2.75, 3.05) is 0 Å². The lowest BCUT2D eigenvalue weighted by Gasteiger charge is -2.35. The zero-order chi connectivity index (χ0) is 16.2. The predicted molar refractivity (Wildman–Crippen MR) is 108 cm³/mol. The first kappa shape index (κ1) is 13.2. The largest absolute Gasteiger partial charge is 0.0691 e. The van der Waals surface area contributed by atoms with Gasteiger partial charge in [0.2, 0.25) is 0 Å². The SMILES string of the molecule is C[Si](C)(C)C1Cc2ccc3ccc4ccc5ccc1c1c5c4c3c2-1. The lowest BCUT2D eigenvalue weighted by atomic mass is 9.84. The molecule has 0 N–H and O–H groups in total.